The number of unbranched alkanes of at least 4 members (excludes halogenated alkanes) is 27. The maximum absolute atomic E-state index is 7.61. The third-order valence-corrected chi connectivity index (χ3v) is 17.2. The second-order valence-electron chi connectivity index (χ2n) is 24.5. The molecular formula is C81H126O7. The van der Waals surface area contributed by atoms with Gasteiger partial charge in [0, 0.05) is 19.8 Å². The first-order chi connectivity index (χ1) is 43.6. The highest BCUT2D eigenvalue weighted by Gasteiger charge is 2.46. The van der Waals surface area contributed by atoms with Crippen molar-refractivity contribution in [3.63, 3.8) is 0 Å². The van der Waals surface area contributed by atoms with Gasteiger partial charge in [0.15, 0.2) is 0 Å². The van der Waals surface area contributed by atoms with Crippen LogP contribution in [0.2, 0.25) is 0 Å². The predicted octanol–water partition coefficient (Wildman–Crippen LogP) is 23.0. The fourth-order valence-electron chi connectivity index (χ4n) is 11.8. The molecule has 0 N–H and O–H groups in total. The van der Waals surface area contributed by atoms with Crippen molar-refractivity contribution in [2.75, 3.05) is 47.3 Å². The highest BCUT2D eigenvalue weighted by atomic mass is 16.6. The standard InChI is InChI=1S/C81H126O7/c1-6-9-12-15-18-21-24-27-30-33-36-39-42-45-48-54-67-84-77-70-87-80(79(77)86-69-56-50-47-44-41-38-35-32-29-26-23-20-17-14-11-8-3)78(85-68-55-49-46-43-40-37-34-31-28-25-22-19-16-13-10-7-2)71-88-81(72-57-52-51-53-58-72,73-59-63-75(82-4)64-60-73)74-61-65-76(83-5)66-62-74/h18-23,27-32,51-53,57-66,77-80H,6-17,24-26,33-50,54-56,67-71H2,1-5H3/b21-18-,22-19-,23-20-,30-27-,31-28-,32-29-/t77-,78?,79+,80+/m0/s1. The summed E-state index contributed by atoms with van der Waals surface area (Å²) < 4.78 is 46.9. The van der Waals surface area contributed by atoms with Crippen molar-refractivity contribution in [1.82, 2.24) is 0 Å². The molecular weight excluding hydrogens is 1080 g/mol. The van der Waals surface area contributed by atoms with E-state index in [4.69, 9.17) is 33.2 Å². The van der Waals surface area contributed by atoms with Gasteiger partial charge in [0.25, 0.3) is 0 Å². The molecule has 3 aromatic carbocycles. The smallest absolute Gasteiger partial charge is 0.143 e. The average molecular weight is 1210 g/mol. The third kappa shape index (κ3) is 33.5. The number of rotatable bonds is 57. The molecule has 1 aliphatic rings. The van der Waals surface area contributed by atoms with Gasteiger partial charge in [0.2, 0.25) is 0 Å². The zero-order valence-corrected chi connectivity index (χ0v) is 56.6. The molecule has 7 nitrogen and oxygen atoms in total. The average Bonchev–Trinajstić information content (AvgIpc) is 1.37. The van der Waals surface area contributed by atoms with E-state index >= 15 is 0 Å². The number of benzene rings is 3. The summed E-state index contributed by atoms with van der Waals surface area (Å²) in [5, 5.41) is 0. The van der Waals surface area contributed by atoms with E-state index < -0.39 is 11.7 Å². The normalized spacial score (nSPS) is 16.1. The van der Waals surface area contributed by atoms with Crippen LogP contribution in [0.4, 0.5) is 0 Å². The molecule has 492 valence electrons. The lowest BCUT2D eigenvalue weighted by molar-refractivity contribution is -0.143. The first-order valence-corrected chi connectivity index (χ1v) is 36.0. The van der Waals surface area contributed by atoms with E-state index in [1.807, 2.05) is 24.3 Å². The largest absolute Gasteiger partial charge is 0.497 e. The Morgan fingerprint density at radius 2 is 0.750 bits per heavy atom. The zero-order valence-electron chi connectivity index (χ0n) is 56.6. The van der Waals surface area contributed by atoms with Gasteiger partial charge in [-0.25, -0.2) is 0 Å². The molecule has 0 spiro atoms. The fraction of sp³-hybridized carbons (Fsp3) is 0.630. The monoisotopic (exact) mass is 1210 g/mol. The molecule has 0 bridgehead atoms. The Hall–Kier alpha value is -4.50. The summed E-state index contributed by atoms with van der Waals surface area (Å²) in [5.41, 5.74) is 1.98. The highest BCUT2D eigenvalue weighted by Crippen LogP contribution is 2.42. The zero-order chi connectivity index (χ0) is 62.3. The number of methoxy groups -OCH3 is 2. The van der Waals surface area contributed by atoms with Gasteiger partial charge in [-0.05, 0) is 157 Å². The highest BCUT2D eigenvalue weighted by molar-refractivity contribution is 5.49. The summed E-state index contributed by atoms with van der Waals surface area (Å²) in [6.07, 6.45) is 70.4. The Bertz CT molecular complexity index is 2180. The number of hydrogen-bond donors (Lipinski definition) is 0. The van der Waals surface area contributed by atoms with Crippen molar-refractivity contribution in [3.8, 4) is 11.5 Å². The maximum atomic E-state index is 7.61. The summed E-state index contributed by atoms with van der Waals surface area (Å²) in [6.45, 7) is 9.50. The molecule has 0 amide bonds. The van der Waals surface area contributed by atoms with E-state index in [9.17, 15) is 0 Å². The van der Waals surface area contributed by atoms with Gasteiger partial charge < -0.3 is 33.2 Å². The summed E-state index contributed by atoms with van der Waals surface area (Å²) in [4.78, 5) is 0. The Morgan fingerprint density at radius 1 is 0.398 bits per heavy atom. The minimum absolute atomic E-state index is 0.192. The molecule has 0 radical (unpaired) electrons. The van der Waals surface area contributed by atoms with Crippen LogP contribution in [0.3, 0.4) is 0 Å². The van der Waals surface area contributed by atoms with E-state index in [0.717, 1.165) is 86.0 Å². The van der Waals surface area contributed by atoms with Crippen molar-refractivity contribution in [1.29, 1.82) is 0 Å². The summed E-state index contributed by atoms with van der Waals surface area (Å²) in [7, 11) is 3.42. The van der Waals surface area contributed by atoms with Gasteiger partial charge in [-0.2, -0.15) is 0 Å². The van der Waals surface area contributed by atoms with Crippen molar-refractivity contribution >= 4 is 0 Å². The van der Waals surface area contributed by atoms with Gasteiger partial charge >= 0.3 is 0 Å². The van der Waals surface area contributed by atoms with E-state index in [0.29, 0.717) is 26.4 Å². The predicted molar refractivity (Wildman–Crippen MR) is 375 cm³/mol. The van der Waals surface area contributed by atoms with Crippen molar-refractivity contribution in [3.05, 3.63) is 168 Å². The first-order valence-electron chi connectivity index (χ1n) is 36.0. The van der Waals surface area contributed by atoms with Crippen LogP contribution < -0.4 is 9.47 Å². The SMILES string of the molecule is CCCCC/C=C\C/C=C\CCCCCCCCOC(COC(c1ccccc1)(c1ccc(OC)cc1)c1ccc(OC)cc1)[C@H]1OC[C@H](OCCCCCCCC/C=C\C/C=C\CCCCC)[C@H]1OCCCCCCCC/C=C\C/C=C\CCCCC. The lowest BCUT2D eigenvalue weighted by atomic mass is 9.80. The van der Waals surface area contributed by atoms with E-state index in [1.54, 1.807) is 14.2 Å². The molecule has 0 aliphatic carbocycles. The van der Waals surface area contributed by atoms with E-state index in [2.05, 4.69) is 148 Å². The van der Waals surface area contributed by atoms with Crippen molar-refractivity contribution in [2.24, 2.45) is 0 Å². The molecule has 1 unspecified atom stereocenters. The van der Waals surface area contributed by atoms with Gasteiger partial charge in [0.05, 0.1) is 27.4 Å². The minimum atomic E-state index is -1.00. The molecule has 1 saturated heterocycles. The van der Waals surface area contributed by atoms with Crippen LogP contribution >= 0.6 is 0 Å². The van der Waals surface area contributed by atoms with Crippen LogP contribution in [0.15, 0.2) is 152 Å². The molecule has 0 aromatic heterocycles. The first kappa shape index (κ1) is 76.0. The summed E-state index contributed by atoms with van der Waals surface area (Å²) >= 11 is 0. The molecule has 3 aromatic rings. The minimum Gasteiger partial charge on any atom is -0.497 e. The molecule has 0 saturated carbocycles. The van der Waals surface area contributed by atoms with Crippen molar-refractivity contribution in [2.45, 2.75) is 282 Å². The van der Waals surface area contributed by atoms with Crippen LogP contribution in [-0.2, 0) is 29.3 Å². The quantitative estimate of drug-likeness (QED) is 0.0317. The maximum Gasteiger partial charge on any atom is 0.143 e. The summed E-state index contributed by atoms with van der Waals surface area (Å²) in [5.74, 6) is 1.58. The van der Waals surface area contributed by atoms with Gasteiger partial charge in [-0.3, -0.25) is 0 Å². The van der Waals surface area contributed by atoms with Gasteiger partial charge in [-0.1, -0.05) is 264 Å². The van der Waals surface area contributed by atoms with E-state index in [1.165, 1.54) is 173 Å². The molecule has 1 heterocycles. The molecule has 1 aliphatic heterocycles. The van der Waals surface area contributed by atoms with Gasteiger partial charge in [0.1, 0.15) is 41.5 Å². The van der Waals surface area contributed by atoms with E-state index in [-0.39, 0.29) is 24.9 Å². The van der Waals surface area contributed by atoms with Gasteiger partial charge in [-0.15, -0.1) is 0 Å². The molecule has 1 fully saturated rings. The Kier molecular flexibility index (Phi) is 45.9. The van der Waals surface area contributed by atoms with Crippen LogP contribution in [0, 0.1) is 0 Å². The fourth-order valence-corrected chi connectivity index (χ4v) is 11.8. The second kappa shape index (κ2) is 53.2. The van der Waals surface area contributed by atoms with Crippen LogP contribution in [0.1, 0.15) is 269 Å². The Labute approximate surface area is 539 Å². The summed E-state index contributed by atoms with van der Waals surface area (Å²) in [6, 6.07) is 27.2. The lowest BCUT2D eigenvalue weighted by Gasteiger charge is -2.38. The van der Waals surface area contributed by atoms with Crippen LogP contribution in [-0.4, -0.2) is 71.7 Å². The molecule has 7 heteroatoms. The third-order valence-electron chi connectivity index (χ3n) is 17.2. The second-order valence-corrected chi connectivity index (χ2v) is 24.5. The number of allylic oxidation sites excluding steroid dienone is 12. The van der Waals surface area contributed by atoms with Crippen LogP contribution in [0.25, 0.3) is 0 Å². The lowest BCUT2D eigenvalue weighted by Crippen LogP contribution is -2.47. The van der Waals surface area contributed by atoms with Crippen LogP contribution in [0.5, 0.6) is 11.5 Å². The van der Waals surface area contributed by atoms with Crippen molar-refractivity contribution < 1.29 is 33.2 Å². The Morgan fingerprint density at radius 3 is 1.15 bits per heavy atom. The molecule has 4 atom stereocenters. The number of hydrogen-bond acceptors (Lipinski definition) is 7. The molecule has 4 rings (SSSR count). The number of ether oxygens (including phenoxy) is 7. The topological polar surface area (TPSA) is 64.6 Å². The Balaban J connectivity index is 1.45. The molecule has 88 heavy (non-hydrogen) atoms.